The molecule has 0 unspecified atom stereocenters. The molecule has 0 saturated heterocycles. The van der Waals surface area contributed by atoms with E-state index in [2.05, 4.69) is 16.6 Å². The van der Waals surface area contributed by atoms with Gasteiger partial charge in [0.2, 0.25) is 0 Å². The van der Waals surface area contributed by atoms with Gasteiger partial charge < -0.3 is 25.6 Å². The average molecular weight is 232 g/mol. The van der Waals surface area contributed by atoms with Gasteiger partial charge in [0, 0.05) is 6.54 Å². The lowest BCUT2D eigenvalue weighted by atomic mass is 10.3. The number of amides is 1. The highest BCUT2D eigenvalue weighted by molar-refractivity contribution is 5.73. The van der Waals surface area contributed by atoms with Gasteiger partial charge in [-0.3, -0.25) is 4.79 Å². The molecule has 0 aliphatic rings. The molecule has 0 aromatic carbocycles. The van der Waals surface area contributed by atoms with Gasteiger partial charge >= 0.3 is 12.1 Å². The van der Waals surface area contributed by atoms with Crippen LogP contribution in [0.4, 0.5) is 4.79 Å². The van der Waals surface area contributed by atoms with Crippen LogP contribution in [0.25, 0.3) is 0 Å². The molecule has 0 rings (SSSR count). The molecule has 0 bridgehead atoms. The molecular weight excluding hydrogens is 216 g/mol. The number of nitrogens with two attached hydrogens (primary N) is 1. The van der Waals surface area contributed by atoms with Gasteiger partial charge in [0.05, 0.1) is 13.2 Å². The summed E-state index contributed by atoms with van der Waals surface area (Å²) in [6, 6.07) is -1.05. The maximum atomic E-state index is 10.9. The Labute approximate surface area is 93.2 Å². The van der Waals surface area contributed by atoms with E-state index in [-0.39, 0.29) is 26.4 Å². The number of carbonyl (C=O) groups is 2. The summed E-state index contributed by atoms with van der Waals surface area (Å²) in [7, 11) is 0. The first-order chi connectivity index (χ1) is 7.57. The Bertz CT molecular complexity index is 244. The molecule has 4 N–H and O–H groups in total. The lowest BCUT2D eigenvalue weighted by Gasteiger charge is -2.08. The lowest BCUT2D eigenvalue weighted by Crippen LogP contribution is -2.36. The van der Waals surface area contributed by atoms with Crippen molar-refractivity contribution in [3.63, 3.8) is 0 Å². The fourth-order valence-corrected chi connectivity index (χ4v) is 0.692. The van der Waals surface area contributed by atoms with E-state index in [9.17, 15) is 9.59 Å². The molecule has 92 valence electrons. The maximum Gasteiger partial charge on any atom is 0.407 e. The van der Waals surface area contributed by atoms with E-state index >= 15 is 0 Å². The highest BCUT2D eigenvalue weighted by Gasteiger charge is 2.10. The molecule has 7 heteroatoms. The summed E-state index contributed by atoms with van der Waals surface area (Å²) < 4.78 is 9.53. The Morgan fingerprint density at radius 2 is 2.25 bits per heavy atom. The number of nitrogens with one attached hydrogen (secondary N) is 1. The summed E-state index contributed by atoms with van der Waals surface area (Å²) in [5, 5.41) is 10.8. The molecule has 0 aliphatic carbocycles. The number of carboxylic acids is 1. The molecule has 0 aromatic rings. The number of ether oxygens (including phenoxy) is 2. The number of rotatable bonds is 8. The lowest BCUT2D eigenvalue weighted by molar-refractivity contribution is -0.140. The molecule has 0 aliphatic heterocycles. The predicted octanol–water partition coefficient (Wildman–Crippen LogP) is -0.673. The molecule has 0 fully saturated rings. The summed E-state index contributed by atoms with van der Waals surface area (Å²) in [6.07, 6.45) is 0.869. The molecule has 0 radical (unpaired) electrons. The molecule has 7 nitrogen and oxygen atoms in total. The number of alkyl carbamates (subject to hydrolysis) is 1. The van der Waals surface area contributed by atoms with E-state index in [1.165, 1.54) is 6.08 Å². The van der Waals surface area contributed by atoms with Gasteiger partial charge in [-0.2, -0.15) is 0 Å². The van der Waals surface area contributed by atoms with Crippen molar-refractivity contribution in [1.29, 1.82) is 0 Å². The van der Waals surface area contributed by atoms with Crippen molar-refractivity contribution in [3.05, 3.63) is 12.7 Å². The second-order valence-electron chi connectivity index (χ2n) is 2.83. The Hall–Kier alpha value is -1.60. The van der Waals surface area contributed by atoms with Crippen LogP contribution in [0, 0.1) is 0 Å². The van der Waals surface area contributed by atoms with Gasteiger partial charge in [-0.05, 0) is 0 Å². The zero-order valence-electron chi connectivity index (χ0n) is 8.85. The van der Waals surface area contributed by atoms with Crippen LogP contribution in [-0.4, -0.2) is 49.6 Å². The van der Waals surface area contributed by atoms with Gasteiger partial charge in [-0.15, -0.1) is 0 Å². The second-order valence-corrected chi connectivity index (χ2v) is 2.83. The number of hydrogen-bond donors (Lipinski definition) is 3. The first-order valence-electron chi connectivity index (χ1n) is 4.65. The number of aliphatic carboxylic acids is 1. The SMILES string of the molecule is C=CCOC(=O)NCCOC[C@H](N)C(=O)O. The third-order valence-corrected chi connectivity index (χ3v) is 1.46. The van der Waals surface area contributed by atoms with Gasteiger partial charge in [0.25, 0.3) is 0 Å². The molecule has 1 amide bonds. The van der Waals surface area contributed by atoms with Crippen molar-refractivity contribution in [2.75, 3.05) is 26.4 Å². The smallest absolute Gasteiger partial charge is 0.407 e. The highest BCUT2D eigenvalue weighted by atomic mass is 16.5. The van der Waals surface area contributed by atoms with E-state index in [4.69, 9.17) is 15.6 Å². The minimum absolute atomic E-state index is 0.0985. The molecule has 0 spiro atoms. The van der Waals surface area contributed by atoms with Crippen LogP contribution in [0.3, 0.4) is 0 Å². The molecule has 0 aromatic heterocycles. The Morgan fingerprint density at radius 3 is 2.81 bits per heavy atom. The molecule has 0 heterocycles. The standard InChI is InChI=1S/C9H16N2O5/c1-2-4-16-9(14)11-3-5-15-6-7(10)8(12)13/h2,7H,1,3-6,10H2,(H,11,14)(H,12,13)/t7-/m0/s1. The summed E-state index contributed by atoms with van der Waals surface area (Å²) in [6.45, 7) is 3.81. The van der Waals surface area contributed by atoms with Gasteiger partial charge in [0.1, 0.15) is 12.6 Å². The van der Waals surface area contributed by atoms with Crippen molar-refractivity contribution < 1.29 is 24.2 Å². The summed E-state index contributed by atoms with van der Waals surface area (Å²) in [5.41, 5.74) is 5.18. The van der Waals surface area contributed by atoms with Gasteiger partial charge in [-0.1, -0.05) is 12.7 Å². The van der Waals surface area contributed by atoms with Crippen LogP contribution in [-0.2, 0) is 14.3 Å². The molecule has 1 atom stereocenters. The second kappa shape index (κ2) is 8.69. The zero-order valence-corrected chi connectivity index (χ0v) is 8.85. The first kappa shape index (κ1) is 14.4. The third kappa shape index (κ3) is 7.77. The van der Waals surface area contributed by atoms with Crippen LogP contribution in [0.15, 0.2) is 12.7 Å². The first-order valence-corrected chi connectivity index (χ1v) is 4.65. The molecule has 0 saturated carbocycles. The maximum absolute atomic E-state index is 10.9. The summed E-state index contributed by atoms with van der Waals surface area (Å²) in [4.78, 5) is 21.1. The highest BCUT2D eigenvalue weighted by Crippen LogP contribution is 1.82. The number of carboxylic acid groups (broad SMARTS) is 1. The molecular formula is C9H16N2O5. The largest absolute Gasteiger partial charge is 0.480 e. The van der Waals surface area contributed by atoms with Crippen molar-refractivity contribution in [3.8, 4) is 0 Å². The quantitative estimate of drug-likeness (QED) is 0.378. The summed E-state index contributed by atoms with van der Waals surface area (Å²) in [5.74, 6) is -1.13. The predicted molar refractivity (Wildman–Crippen MR) is 56.0 cm³/mol. The fourth-order valence-electron chi connectivity index (χ4n) is 0.692. The van der Waals surface area contributed by atoms with Crippen LogP contribution in [0.5, 0.6) is 0 Å². The summed E-state index contributed by atoms with van der Waals surface area (Å²) >= 11 is 0. The van der Waals surface area contributed by atoms with E-state index in [1.54, 1.807) is 0 Å². The van der Waals surface area contributed by atoms with E-state index in [0.29, 0.717) is 0 Å². The zero-order chi connectivity index (χ0) is 12.4. The molecule has 16 heavy (non-hydrogen) atoms. The number of hydrogen-bond acceptors (Lipinski definition) is 5. The third-order valence-electron chi connectivity index (χ3n) is 1.46. The number of carbonyl (C=O) groups excluding carboxylic acids is 1. The Balaban J connectivity index is 3.36. The minimum Gasteiger partial charge on any atom is -0.480 e. The van der Waals surface area contributed by atoms with Gasteiger partial charge in [-0.25, -0.2) is 4.79 Å². The normalized spacial score (nSPS) is 11.6. The van der Waals surface area contributed by atoms with Gasteiger partial charge in [0.15, 0.2) is 0 Å². The van der Waals surface area contributed by atoms with Crippen molar-refractivity contribution in [1.82, 2.24) is 5.32 Å². The van der Waals surface area contributed by atoms with E-state index < -0.39 is 18.1 Å². The average Bonchev–Trinajstić information content (AvgIpc) is 2.25. The van der Waals surface area contributed by atoms with Crippen LogP contribution in [0.2, 0.25) is 0 Å². The Morgan fingerprint density at radius 1 is 1.56 bits per heavy atom. The van der Waals surface area contributed by atoms with E-state index in [0.717, 1.165) is 0 Å². The van der Waals surface area contributed by atoms with Crippen LogP contribution < -0.4 is 11.1 Å². The van der Waals surface area contributed by atoms with Crippen LogP contribution >= 0.6 is 0 Å². The van der Waals surface area contributed by atoms with Crippen molar-refractivity contribution in [2.24, 2.45) is 5.73 Å². The Kier molecular flexibility index (Phi) is 7.82. The van der Waals surface area contributed by atoms with Crippen LogP contribution in [0.1, 0.15) is 0 Å². The minimum atomic E-state index is -1.13. The van der Waals surface area contributed by atoms with Crippen molar-refractivity contribution >= 4 is 12.1 Å². The monoisotopic (exact) mass is 232 g/mol. The van der Waals surface area contributed by atoms with E-state index in [1.807, 2.05) is 0 Å². The fraction of sp³-hybridized carbons (Fsp3) is 0.556. The topological polar surface area (TPSA) is 111 Å². The van der Waals surface area contributed by atoms with Crippen molar-refractivity contribution in [2.45, 2.75) is 6.04 Å².